The van der Waals surface area contributed by atoms with Crippen molar-refractivity contribution in [1.82, 2.24) is 24.1 Å². The molecule has 0 fully saturated rings. The zero-order valence-electron chi connectivity index (χ0n) is 38.6. The molecule has 13 aromatic rings. The lowest BCUT2D eigenvalue weighted by molar-refractivity contribution is 1.06. The number of hydrogen-bond donors (Lipinski definition) is 0. The summed E-state index contributed by atoms with van der Waals surface area (Å²) in [6, 6.07) is 85.7. The van der Waals surface area contributed by atoms with Crippen molar-refractivity contribution >= 4 is 43.6 Å². The van der Waals surface area contributed by atoms with Gasteiger partial charge in [-0.15, -0.1) is 0 Å². The van der Waals surface area contributed by atoms with Crippen LogP contribution in [-0.2, 0) is 0 Å². The molecule has 0 bridgehead atoms. The lowest BCUT2D eigenvalue weighted by Crippen LogP contribution is -2.04. The lowest BCUT2D eigenvalue weighted by Gasteiger charge is -2.17. The van der Waals surface area contributed by atoms with Crippen LogP contribution in [0.25, 0.3) is 123 Å². The van der Waals surface area contributed by atoms with Crippen molar-refractivity contribution in [1.29, 1.82) is 10.5 Å². The monoisotopic (exact) mass is 917 g/mol. The summed E-state index contributed by atoms with van der Waals surface area (Å²) < 4.78 is 4.65. The normalized spacial score (nSPS) is 11.3. The molecule has 0 amide bonds. The Balaban J connectivity index is 1.10. The first-order valence-corrected chi connectivity index (χ1v) is 23.8. The molecule has 13 rings (SSSR count). The van der Waals surface area contributed by atoms with Crippen LogP contribution in [0.1, 0.15) is 11.1 Å². The molecular weight excluding hydrogens is 879 g/mol. The van der Waals surface area contributed by atoms with Crippen molar-refractivity contribution in [3.63, 3.8) is 0 Å². The van der Waals surface area contributed by atoms with Gasteiger partial charge in [0.2, 0.25) is 0 Å². The number of para-hydroxylation sites is 2. The smallest absolute Gasteiger partial charge is 0.166 e. The second-order valence-corrected chi connectivity index (χ2v) is 17.8. The molecule has 3 aromatic heterocycles. The van der Waals surface area contributed by atoms with Crippen LogP contribution < -0.4 is 0 Å². The van der Waals surface area contributed by atoms with Crippen molar-refractivity contribution in [2.45, 2.75) is 0 Å². The summed E-state index contributed by atoms with van der Waals surface area (Å²) in [4.78, 5) is 15.8. The summed E-state index contributed by atoms with van der Waals surface area (Å²) in [6.45, 7) is 0. The minimum Gasteiger partial charge on any atom is -0.309 e. The van der Waals surface area contributed by atoms with Crippen molar-refractivity contribution in [2.75, 3.05) is 0 Å². The van der Waals surface area contributed by atoms with Crippen LogP contribution in [0.5, 0.6) is 0 Å². The van der Waals surface area contributed by atoms with E-state index in [0.29, 0.717) is 28.6 Å². The molecule has 0 radical (unpaired) electrons. The van der Waals surface area contributed by atoms with Crippen LogP contribution >= 0.6 is 0 Å². The van der Waals surface area contributed by atoms with Gasteiger partial charge in [-0.1, -0.05) is 164 Å². The van der Waals surface area contributed by atoms with E-state index in [2.05, 4.69) is 149 Å². The highest BCUT2D eigenvalue weighted by molar-refractivity contribution is 6.13. The van der Waals surface area contributed by atoms with E-state index in [1.165, 1.54) is 10.8 Å². The topological polar surface area (TPSA) is 96.1 Å². The number of fused-ring (bicyclic) bond motifs is 6. The molecule has 0 saturated carbocycles. The predicted molar refractivity (Wildman–Crippen MR) is 291 cm³/mol. The van der Waals surface area contributed by atoms with Gasteiger partial charge in [-0.25, -0.2) is 15.0 Å². The Morgan fingerprint density at radius 3 is 1.35 bits per heavy atom. The molecule has 0 atom stereocenters. The first-order chi connectivity index (χ1) is 35.6. The van der Waals surface area contributed by atoms with Crippen LogP contribution in [0.15, 0.2) is 237 Å². The Kier molecular flexibility index (Phi) is 10.1. The van der Waals surface area contributed by atoms with E-state index >= 15 is 0 Å². The van der Waals surface area contributed by atoms with Crippen LogP contribution in [0, 0.1) is 22.7 Å². The Bertz CT molecular complexity index is 4180. The largest absolute Gasteiger partial charge is 0.309 e. The molecule has 0 aliphatic rings. The maximum absolute atomic E-state index is 10.2. The number of rotatable bonds is 8. The summed E-state index contributed by atoms with van der Waals surface area (Å²) in [6.07, 6.45) is 0. The van der Waals surface area contributed by atoms with Gasteiger partial charge in [-0.3, -0.25) is 0 Å². The molecule has 7 heteroatoms. The van der Waals surface area contributed by atoms with E-state index in [1.807, 2.05) is 109 Å². The number of benzene rings is 10. The first kappa shape index (κ1) is 41.9. The van der Waals surface area contributed by atoms with Gasteiger partial charge in [-0.05, 0) is 106 Å². The van der Waals surface area contributed by atoms with E-state index in [-0.39, 0.29) is 0 Å². The molecule has 7 nitrogen and oxygen atoms in total. The minimum absolute atomic E-state index is 0.521. The van der Waals surface area contributed by atoms with Crippen LogP contribution in [0.4, 0.5) is 0 Å². The van der Waals surface area contributed by atoms with Crippen molar-refractivity contribution in [2.24, 2.45) is 0 Å². The van der Waals surface area contributed by atoms with Crippen molar-refractivity contribution < 1.29 is 0 Å². The summed E-state index contributed by atoms with van der Waals surface area (Å²) in [5, 5.41) is 24.8. The van der Waals surface area contributed by atoms with Crippen LogP contribution in [0.2, 0.25) is 0 Å². The summed E-state index contributed by atoms with van der Waals surface area (Å²) in [7, 11) is 0. The zero-order chi connectivity index (χ0) is 48.1. The molecule has 0 N–H and O–H groups in total. The van der Waals surface area contributed by atoms with E-state index in [1.54, 1.807) is 0 Å². The third-order valence-electron chi connectivity index (χ3n) is 13.7. The van der Waals surface area contributed by atoms with E-state index in [9.17, 15) is 10.5 Å². The Hall–Kier alpha value is -10.2. The highest BCUT2D eigenvalue weighted by Crippen LogP contribution is 2.42. The van der Waals surface area contributed by atoms with Gasteiger partial charge in [0.25, 0.3) is 0 Å². The predicted octanol–water partition coefficient (Wildman–Crippen LogP) is 15.8. The van der Waals surface area contributed by atoms with Crippen LogP contribution in [0.3, 0.4) is 0 Å². The van der Waals surface area contributed by atoms with E-state index in [0.717, 1.165) is 94.3 Å². The van der Waals surface area contributed by atoms with Gasteiger partial charge < -0.3 is 9.13 Å². The molecule has 334 valence electrons. The highest BCUT2D eigenvalue weighted by atomic mass is 15.1. The zero-order valence-corrected chi connectivity index (χ0v) is 38.6. The van der Waals surface area contributed by atoms with Crippen molar-refractivity contribution in [3.05, 3.63) is 248 Å². The Morgan fingerprint density at radius 2 is 0.750 bits per heavy atom. The quantitative estimate of drug-likeness (QED) is 0.151. The van der Waals surface area contributed by atoms with E-state index in [4.69, 9.17) is 15.0 Å². The SMILES string of the molecule is N#Cc1ccccc1-c1ccc2c(c1)c1cc(-c3ccccc3C#N)ccc1n2-c1ccc(-c2ccc3c4ccccc4n(-c4ccccc4)c3c2)cc1-c1nc(-c2ccccc2)nc(-c2ccccc2)n1. The standard InChI is InChI=1S/C65H39N7/c66-40-48-20-10-12-24-51(48)46-30-34-59-55(37-46)56-38-47(52-25-13-11-21-49(52)41-67)31-35-60(56)72(59)61-33-29-44(45-28-32-54-53-26-14-15-27-58(53)71(62(54)39-45)50-22-8-3-9-23-50)36-57(61)65-69-63(42-16-4-1-5-17-42)68-64(70-65)43-18-6-2-7-19-43/h1-39H. The number of aromatic nitrogens is 5. The fraction of sp³-hybridized carbons (Fsp3) is 0. The van der Waals surface area contributed by atoms with Gasteiger partial charge in [-0.2, -0.15) is 10.5 Å². The average molecular weight is 918 g/mol. The second kappa shape index (κ2) is 17.4. The Morgan fingerprint density at radius 1 is 0.292 bits per heavy atom. The van der Waals surface area contributed by atoms with Gasteiger partial charge in [0.1, 0.15) is 0 Å². The summed E-state index contributed by atoms with van der Waals surface area (Å²) >= 11 is 0. The fourth-order valence-corrected chi connectivity index (χ4v) is 10.3. The summed E-state index contributed by atoms with van der Waals surface area (Å²) in [5.74, 6) is 1.65. The molecule has 0 aliphatic carbocycles. The number of nitrogens with zero attached hydrogens (tertiary/aromatic N) is 7. The van der Waals surface area contributed by atoms with Crippen molar-refractivity contribution in [3.8, 4) is 91.1 Å². The molecule has 10 aromatic carbocycles. The molecule has 72 heavy (non-hydrogen) atoms. The molecule has 0 spiro atoms. The average Bonchev–Trinajstić information content (AvgIpc) is 3.97. The Labute approximate surface area is 415 Å². The minimum atomic E-state index is 0.521. The number of nitriles is 2. The number of hydrogen-bond acceptors (Lipinski definition) is 5. The lowest BCUT2D eigenvalue weighted by atomic mass is 9.96. The molecule has 0 aliphatic heterocycles. The van der Waals surface area contributed by atoms with Crippen LogP contribution in [-0.4, -0.2) is 24.1 Å². The van der Waals surface area contributed by atoms with Gasteiger partial charge in [0, 0.05) is 43.9 Å². The maximum Gasteiger partial charge on any atom is 0.166 e. The highest BCUT2D eigenvalue weighted by Gasteiger charge is 2.23. The first-order valence-electron chi connectivity index (χ1n) is 23.8. The molecule has 0 saturated heterocycles. The maximum atomic E-state index is 10.2. The van der Waals surface area contributed by atoms with Gasteiger partial charge in [0.15, 0.2) is 17.5 Å². The third-order valence-corrected chi connectivity index (χ3v) is 13.7. The summed E-state index contributed by atoms with van der Waals surface area (Å²) in [5.41, 5.74) is 15.5. The molecule has 0 unspecified atom stereocenters. The second-order valence-electron chi connectivity index (χ2n) is 17.8. The third kappa shape index (κ3) is 7.08. The fourth-order valence-electron chi connectivity index (χ4n) is 10.3. The van der Waals surface area contributed by atoms with Gasteiger partial charge >= 0.3 is 0 Å². The van der Waals surface area contributed by atoms with Gasteiger partial charge in [0.05, 0.1) is 51.0 Å². The molecular formula is C65H39N7. The van der Waals surface area contributed by atoms with E-state index < -0.39 is 0 Å². The molecule has 3 heterocycles.